The van der Waals surface area contributed by atoms with Gasteiger partial charge < -0.3 is 4.42 Å². The van der Waals surface area contributed by atoms with Gasteiger partial charge in [-0.3, -0.25) is 0 Å². The molecule has 0 aliphatic carbocycles. The third-order valence-corrected chi connectivity index (χ3v) is 9.76. The molecule has 0 fully saturated rings. The summed E-state index contributed by atoms with van der Waals surface area (Å²) >= 11 is 0. The molecule has 6 heteroatoms. The van der Waals surface area contributed by atoms with Gasteiger partial charge in [0.25, 0.3) is 0 Å². The van der Waals surface area contributed by atoms with E-state index in [-0.39, 0.29) is 0 Å². The van der Waals surface area contributed by atoms with Gasteiger partial charge in [-0.15, -0.1) is 0 Å². The lowest BCUT2D eigenvalue weighted by molar-refractivity contribution is 0.669. The summed E-state index contributed by atoms with van der Waals surface area (Å²) < 4.78 is 6.73. The number of aromatic nitrogens is 5. The molecule has 0 aliphatic rings. The number of nitrogens with zero attached hydrogens (tertiary/aromatic N) is 5. The van der Waals surface area contributed by atoms with E-state index in [2.05, 4.69) is 66.7 Å². The van der Waals surface area contributed by atoms with E-state index in [1.807, 2.05) is 121 Å². The molecule has 0 bridgehead atoms. The first kappa shape index (κ1) is 32.1. The lowest BCUT2D eigenvalue weighted by atomic mass is 10.0. The molecular weight excluding hydrogens is 675 g/mol. The quantitative estimate of drug-likeness (QED) is 0.164. The van der Waals surface area contributed by atoms with Gasteiger partial charge in [0.05, 0.1) is 17.0 Å². The van der Waals surface area contributed by atoms with Gasteiger partial charge in [0.1, 0.15) is 11.2 Å². The first-order valence-electron chi connectivity index (χ1n) is 18.2. The summed E-state index contributed by atoms with van der Waals surface area (Å²) in [5.41, 5.74) is 10.8. The average Bonchev–Trinajstić information content (AvgIpc) is 3.66. The Labute approximate surface area is 317 Å². The number of benzene rings is 7. The molecular formula is C49H31N5O. The number of fused-ring (bicyclic) bond motifs is 3. The van der Waals surface area contributed by atoms with E-state index in [0.717, 1.165) is 77.8 Å². The molecule has 0 aliphatic heterocycles. The molecule has 0 N–H and O–H groups in total. The van der Waals surface area contributed by atoms with Crippen LogP contribution >= 0.6 is 0 Å². The van der Waals surface area contributed by atoms with Gasteiger partial charge in [0.2, 0.25) is 0 Å². The number of para-hydroxylation sites is 1. The van der Waals surface area contributed by atoms with Crippen molar-refractivity contribution in [1.29, 1.82) is 0 Å². The lowest BCUT2D eigenvalue weighted by Gasteiger charge is -2.09. The topological polar surface area (TPSA) is 77.6 Å². The van der Waals surface area contributed by atoms with Crippen molar-refractivity contribution in [3.05, 3.63) is 188 Å². The molecule has 258 valence electrons. The smallest absolute Gasteiger partial charge is 0.164 e. The lowest BCUT2D eigenvalue weighted by Crippen LogP contribution is -2.00. The molecule has 0 unspecified atom stereocenters. The van der Waals surface area contributed by atoms with Crippen LogP contribution in [-0.4, -0.2) is 24.9 Å². The number of furan rings is 1. The maximum absolute atomic E-state index is 6.73. The Balaban J connectivity index is 1.11. The molecule has 0 saturated carbocycles. The van der Waals surface area contributed by atoms with Gasteiger partial charge in [-0.05, 0) is 41.5 Å². The normalized spacial score (nSPS) is 11.3. The molecule has 0 saturated heterocycles. The summed E-state index contributed by atoms with van der Waals surface area (Å²) in [6.45, 7) is 0. The van der Waals surface area contributed by atoms with Crippen molar-refractivity contribution in [3.63, 3.8) is 0 Å². The summed E-state index contributed by atoms with van der Waals surface area (Å²) in [6.07, 6.45) is 0. The second kappa shape index (κ2) is 13.8. The zero-order chi connectivity index (χ0) is 36.6. The standard InChI is InChI=1S/C49H31N5O/c1-5-15-32(16-6-1)36-23-13-24-37(29-36)47-52-46(35-21-11-4-12-22-35)53-48(54-47)38-27-28-39-40-25-14-26-41(45(40)55-44(39)30-38)49-50-42(33-17-7-2-8-18-33)31-43(51-49)34-19-9-3-10-20-34/h1-31H. The molecule has 0 amide bonds. The number of rotatable bonds is 7. The number of hydrogen-bond donors (Lipinski definition) is 0. The molecule has 55 heavy (non-hydrogen) atoms. The van der Waals surface area contributed by atoms with Crippen LogP contribution < -0.4 is 0 Å². The number of hydrogen-bond acceptors (Lipinski definition) is 6. The van der Waals surface area contributed by atoms with E-state index in [1.165, 1.54) is 0 Å². The predicted molar refractivity (Wildman–Crippen MR) is 221 cm³/mol. The molecule has 0 atom stereocenters. The second-order valence-corrected chi connectivity index (χ2v) is 13.3. The molecule has 0 spiro atoms. The molecule has 6 nitrogen and oxygen atoms in total. The van der Waals surface area contributed by atoms with Crippen molar-refractivity contribution in [2.24, 2.45) is 0 Å². The zero-order valence-corrected chi connectivity index (χ0v) is 29.5. The van der Waals surface area contributed by atoms with Crippen LogP contribution in [0.1, 0.15) is 0 Å². The van der Waals surface area contributed by atoms with Crippen LogP contribution in [0.5, 0.6) is 0 Å². The fraction of sp³-hybridized carbons (Fsp3) is 0. The Bertz CT molecular complexity index is 2910. The van der Waals surface area contributed by atoms with Gasteiger partial charge >= 0.3 is 0 Å². The fourth-order valence-corrected chi connectivity index (χ4v) is 7.01. The van der Waals surface area contributed by atoms with Crippen molar-refractivity contribution < 1.29 is 4.42 Å². The molecule has 3 heterocycles. The predicted octanol–water partition coefficient (Wildman–Crippen LogP) is 12.2. The van der Waals surface area contributed by atoms with Crippen molar-refractivity contribution in [2.75, 3.05) is 0 Å². The highest BCUT2D eigenvalue weighted by Gasteiger charge is 2.19. The van der Waals surface area contributed by atoms with Gasteiger partial charge in [-0.2, -0.15) is 0 Å². The Kier molecular flexibility index (Phi) is 8.04. The average molecular weight is 706 g/mol. The third-order valence-electron chi connectivity index (χ3n) is 9.76. The zero-order valence-electron chi connectivity index (χ0n) is 29.5. The van der Waals surface area contributed by atoms with Gasteiger partial charge in [-0.25, -0.2) is 24.9 Å². The van der Waals surface area contributed by atoms with Crippen LogP contribution in [0.3, 0.4) is 0 Å². The van der Waals surface area contributed by atoms with E-state index >= 15 is 0 Å². The first-order valence-corrected chi connectivity index (χ1v) is 18.2. The molecule has 0 radical (unpaired) electrons. The Morgan fingerprint density at radius 1 is 0.291 bits per heavy atom. The maximum atomic E-state index is 6.73. The van der Waals surface area contributed by atoms with Gasteiger partial charge in [0, 0.05) is 38.6 Å². The summed E-state index contributed by atoms with van der Waals surface area (Å²) in [7, 11) is 0. The van der Waals surface area contributed by atoms with Crippen LogP contribution in [0.15, 0.2) is 192 Å². The molecule has 10 rings (SSSR count). The van der Waals surface area contributed by atoms with E-state index in [9.17, 15) is 0 Å². The monoisotopic (exact) mass is 705 g/mol. The highest BCUT2D eigenvalue weighted by molar-refractivity contribution is 6.09. The minimum Gasteiger partial charge on any atom is -0.455 e. The first-order chi connectivity index (χ1) is 27.2. The largest absolute Gasteiger partial charge is 0.455 e. The third kappa shape index (κ3) is 6.22. The van der Waals surface area contributed by atoms with E-state index < -0.39 is 0 Å². The molecule has 10 aromatic rings. The highest BCUT2D eigenvalue weighted by atomic mass is 16.3. The van der Waals surface area contributed by atoms with Crippen molar-refractivity contribution in [2.45, 2.75) is 0 Å². The van der Waals surface area contributed by atoms with Crippen LogP contribution in [0, 0.1) is 0 Å². The summed E-state index contributed by atoms with van der Waals surface area (Å²) in [5.74, 6) is 2.35. The van der Waals surface area contributed by atoms with Crippen molar-refractivity contribution in [3.8, 4) is 79.2 Å². The Morgan fingerprint density at radius 3 is 1.40 bits per heavy atom. The van der Waals surface area contributed by atoms with Crippen molar-refractivity contribution >= 4 is 21.9 Å². The maximum Gasteiger partial charge on any atom is 0.164 e. The second-order valence-electron chi connectivity index (χ2n) is 13.3. The fourth-order valence-electron chi connectivity index (χ4n) is 7.01. The summed E-state index contributed by atoms with van der Waals surface area (Å²) in [4.78, 5) is 25.2. The summed E-state index contributed by atoms with van der Waals surface area (Å²) in [6, 6.07) is 63.4. The summed E-state index contributed by atoms with van der Waals surface area (Å²) in [5, 5.41) is 1.96. The van der Waals surface area contributed by atoms with E-state index in [0.29, 0.717) is 23.3 Å². The Morgan fingerprint density at radius 2 is 0.782 bits per heavy atom. The van der Waals surface area contributed by atoms with E-state index in [1.54, 1.807) is 0 Å². The van der Waals surface area contributed by atoms with Crippen LogP contribution in [0.4, 0.5) is 0 Å². The Hall–Kier alpha value is -7.57. The van der Waals surface area contributed by atoms with Crippen LogP contribution in [0.2, 0.25) is 0 Å². The SMILES string of the molecule is c1ccc(-c2cccc(-c3nc(-c4ccccc4)nc(-c4ccc5c(c4)oc4c(-c6nc(-c7ccccc7)cc(-c7ccccc7)n6)cccc45)n3)c2)cc1. The van der Waals surface area contributed by atoms with Gasteiger partial charge in [0.15, 0.2) is 23.3 Å². The minimum atomic E-state index is 0.558. The van der Waals surface area contributed by atoms with Crippen LogP contribution in [-0.2, 0) is 0 Å². The minimum absolute atomic E-state index is 0.558. The highest BCUT2D eigenvalue weighted by Crippen LogP contribution is 2.38. The van der Waals surface area contributed by atoms with E-state index in [4.69, 9.17) is 29.3 Å². The molecule has 7 aromatic carbocycles. The van der Waals surface area contributed by atoms with Crippen molar-refractivity contribution in [1.82, 2.24) is 24.9 Å². The van der Waals surface area contributed by atoms with Crippen LogP contribution in [0.25, 0.3) is 101 Å². The van der Waals surface area contributed by atoms with Gasteiger partial charge in [-0.1, -0.05) is 158 Å². The molecule has 3 aromatic heterocycles.